The molecule has 0 aromatic heterocycles. The Bertz CT molecular complexity index is 180. The van der Waals surface area contributed by atoms with Gasteiger partial charge in [-0.1, -0.05) is 38.6 Å². The minimum Gasteiger partial charge on any atom is -0.286 e. The average Bonchev–Trinajstić information content (AvgIpc) is 2.00. The van der Waals surface area contributed by atoms with Crippen molar-refractivity contribution in [2.75, 3.05) is 7.05 Å². The average molecular weight is 185 g/mol. The molecule has 2 heteroatoms. The van der Waals surface area contributed by atoms with E-state index in [9.17, 15) is 0 Å². The van der Waals surface area contributed by atoms with Gasteiger partial charge in [0.2, 0.25) is 0 Å². The second-order valence-corrected chi connectivity index (χ2v) is 4.31. The Kier molecular flexibility index (Phi) is 6.17. The number of allylic oxidation sites excluding steroid dienone is 2. The highest BCUT2D eigenvalue weighted by molar-refractivity contribution is 8.17. The number of thioether (sulfide) groups is 1. The fraction of sp³-hybridized carbons (Fsp3) is 0.700. The molecule has 0 saturated carbocycles. The molecule has 0 aliphatic carbocycles. The molecule has 0 fully saturated rings. The van der Waals surface area contributed by atoms with Crippen LogP contribution >= 0.6 is 11.8 Å². The van der Waals surface area contributed by atoms with Crippen molar-refractivity contribution >= 4 is 16.8 Å². The van der Waals surface area contributed by atoms with E-state index in [1.165, 1.54) is 9.95 Å². The molecule has 12 heavy (non-hydrogen) atoms. The normalized spacial score (nSPS) is 14.2. The molecule has 70 valence electrons. The molecule has 0 spiro atoms. The monoisotopic (exact) mass is 185 g/mol. The third kappa shape index (κ3) is 4.60. The fourth-order valence-electron chi connectivity index (χ4n) is 0.916. The van der Waals surface area contributed by atoms with Crippen LogP contribution in [0.25, 0.3) is 0 Å². The molecule has 0 heterocycles. The highest BCUT2D eigenvalue weighted by atomic mass is 32.2. The highest BCUT2D eigenvalue weighted by Crippen LogP contribution is 2.21. The van der Waals surface area contributed by atoms with Crippen LogP contribution in [-0.2, 0) is 0 Å². The van der Waals surface area contributed by atoms with Gasteiger partial charge in [-0.2, -0.15) is 0 Å². The van der Waals surface area contributed by atoms with E-state index in [-0.39, 0.29) is 0 Å². The minimum atomic E-state index is 0.542. The second-order valence-electron chi connectivity index (χ2n) is 3.04. The van der Waals surface area contributed by atoms with E-state index in [0.29, 0.717) is 5.92 Å². The number of aliphatic imine (C=N–C) groups is 1. The summed E-state index contributed by atoms with van der Waals surface area (Å²) in [6, 6.07) is 0. The van der Waals surface area contributed by atoms with Gasteiger partial charge in [-0.3, -0.25) is 4.99 Å². The van der Waals surface area contributed by atoms with Crippen molar-refractivity contribution in [3.05, 3.63) is 11.0 Å². The lowest BCUT2D eigenvalue weighted by molar-refractivity contribution is 0.898. The lowest BCUT2D eigenvalue weighted by atomic mass is 10.2. The summed E-state index contributed by atoms with van der Waals surface area (Å²) in [7, 11) is 1.86. The number of hydrogen-bond acceptors (Lipinski definition) is 2. The molecule has 0 amide bonds. The van der Waals surface area contributed by atoms with Gasteiger partial charge in [-0.15, -0.1) is 0 Å². The number of nitrogens with zero attached hydrogens (tertiary/aromatic N) is 1. The summed E-state index contributed by atoms with van der Waals surface area (Å²) in [4.78, 5) is 5.60. The molecule has 0 aromatic carbocycles. The van der Waals surface area contributed by atoms with Crippen molar-refractivity contribution in [1.29, 1.82) is 0 Å². The summed E-state index contributed by atoms with van der Waals surface area (Å²) < 4.78 is 0. The van der Waals surface area contributed by atoms with Gasteiger partial charge < -0.3 is 0 Å². The molecule has 0 bridgehead atoms. The van der Waals surface area contributed by atoms with Crippen LogP contribution in [0.15, 0.2) is 16.0 Å². The zero-order chi connectivity index (χ0) is 9.56. The lowest BCUT2D eigenvalue weighted by Gasteiger charge is -2.08. The Morgan fingerprint density at radius 3 is 2.42 bits per heavy atom. The molecule has 0 saturated heterocycles. The van der Waals surface area contributed by atoms with Gasteiger partial charge >= 0.3 is 0 Å². The number of hydrogen-bond donors (Lipinski definition) is 0. The Labute approximate surface area is 80.4 Å². The second kappa shape index (κ2) is 6.30. The summed E-state index contributed by atoms with van der Waals surface area (Å²) in [5.41, 5.74) is 0. The van der Waals surface area contributed by atoms with Crippen molar-refractivity contribution in [3.8, 4) is 0 Å². The van der Waals surface area contributed by atoms with Crippen LogP contribution < -0.4 is 0 Å². The Balaban J connectivity index is 4.14. The van der Waals surface area contributed by atoms with Crippen molar-refractivity contribution < 1.29 is 0 Å². The van der Waals surface area contributed by atoms with Crippen LogP contribution in [-0.4, -0.2) is 12.1 Å². The highest BCUT2D eigenvalue weighted by Gasteiger charge is 2.04. The quantitative estimate of drug-likeness (QED) is 0.482. The maximum atomic E-state index is 4.25. The number of rotatable bonds is 3. The van der Waals surface area contributed by atoms with E-state index in [1.54, 1.807) is 11.8 Å². The molecule has 0 aliphatic rings. The summed E-state index contributed by atoms with van der Waals surface area (Å²) in [5, 5.41) is 1.22. The fourth-order valence-corrected chi connectivity index (χ4v) is 1.82. The van der Waals surface area contributed by atoms with Crippen molar-refractivity contribution in [2.45, 2.75) is 34.1 Å². The molecule has 0 N–H and O–H groups in total. The van der Waals surface area contributed by atoms with Gasteiger partial charge in [0.1, 0.15) is 0 Å². The molecule has 1 nitrogen and oxygen atoms in total. The van der Waals surface area contributed by atoms with E-state index in [0.717, 1.165) is 6.42 Å². The van der Waals surface area contributed by atoms with E-state index in [1.807, 2.05) is 7.05 Å². The molecule has 0 unspecified atom stereocenters. The van der Waals surface area contributed by atoms with Gasteiger partial charge in [0.05, 0.1) is 5.04 Å². The summed E-state index contributed by atoms with van der Waals surface area (Å²) in [6.45, 7) is 8.65. The minimum absolute atomic E-state index is 0.542. The zero-order valence-electron chi connectivity index (χ0n) is 8.72. The lowest BCUT2D eigenvalue weighted by Crippen LogP contribution is -2.01. The van der Waals surface area contributed by atoms with Crippen LogP contribution in [0.4, 0.5) is 0 Å². The largest absolute Gasteiger partial charge is 0.286 e. The van der Waals surface area contributed by atoms with Gasteiger partial charge in [-0.05, 0) is 18.2 Å². The van der Waals surface area contributed by atoms with Crippen LogP contribution in [0.5, 0.6) is 0 Å². The van der Waals surface area contributed by atoms with Crippen LogP contribution in [0.3, 0.4) is 0 Å². The molecule has 0 aliphatic heterocycles. The van der Waals surface area contributed by atoms with Gasteiger partial charge in [-0.25, -0.2) is 0 Å². The first-order valence-corrected chi connectivity index (χ1v) is 5.24. The van der Waals surface area contributed by atoms with Crippen LogP contribution in [0.1, 0.15) is 34.1 Å². The van der Waals surface area contributed by atoms with Gasteiger partial charge in [0, 0.05) is 13.0 Å². The van der Waals surface area contributed by atoms with E-state index in [4.69, 9.17) is 0 Å². The topological polar surface area (TPSA) is 12.4 Å². The standard InChI is InChI=1S/C10H19NS/c1-6-7-9(4)12-10(11-5)8(2)3/h7-8H,6H2,1-5H3/b9-7-,11-10?. The van der Waals surface area contributed by atoms with E-state index < -0.39 is 0 Å². The molecule has 0 atom stereocenters. The molecular weight excluding hydrogens is 166 g/mol. The maximum Gasteiger partial charge on any atom is 0.0742 e. The molecule has 0 rings (SSSR count). The zero-order valence-corrected chi connectivity index (χ0v) is 9.53. The molecule has 0 radical (unpaired) electrons. The molecular formula is C10H19NS. The SMILES string of the molecule is CC/C=C(/C)SC(=NC)C(C)C. The Morgan fingerprint density at radius 1 is 1.50 bits per heavy atom. The van der Waals surface area contributed by atoms with Crippen molar-refractivity contribution in [3.63, 3.8) is 0 Å². The maximum absolute atomic E-state index is 4.25. The van der Waals surface area contributed by atoms with E-state index >= 15 is 0 Å². The van der Waals surface area contributed by atoms with Crippen LogP contribution in [0, 0.1) is 5.92 Å². The first kappa shape index (κ1) is 11.8. The van der Waals surface area contributed by atoms with Gasteiger partial charge in [0.25, 0.3) is 0 Å². The van der Waals surface area contributed by atoms with Crippen molar-refractivity contribution in [2.24, 2.45) is 10.9 Å². The third-order valence-corrected chi connectivity index (χ3v) is 2.82. The first-order chi connectivity index (χ1) is 5.61. The third-order valence-electron chi connectivity index (χ3n) is 1.47. The summed E-state index contributed by atoms with van der Waals surface area (Å²) in [5.74, 6) is 0.542. The summed E-state index contributed by atoms with van der Waals surface area (Å²) >= 11 is 1.79. The predicted molar refractivity (Wildman–Crippen MR) is 59.8 cm³/mol. The first-order valence-electron chi connectivity index (χ1n) is 4.43. The van der Waals surface area contributed by atoms with Crippen molar-refractivity contribution in [1.82, 2.24) is 0 Å². The van der Waals surface area contributed by atoms with Crippen LogP contribution in [0.2, 0.25) is 0 Å². The smallest absolute Gasteiger partial charge is 0.0742 e. The predicted octanol–water partition coefficient (Wildman–Crippen LogP) is 3.72. The summed E-state index contributed by atoms with van der Waals surface area (Å²) in [6.07, 6.45) is 3.34. The Hall–Kier alpha value is -0.240. The molecule has 0 aromatic rings. The Morgan fingerprint density at radius 2 is 2.08 bits per heavy atom. The van der Waals surface area contributed by atoms with Gasteiger partial charge in [0.15, 0.2) is 0 Å². The van der Waals surface area contributed by atoms with E-state index in [2.05, 4.69) is 38.8 Å².